The molecule has 1 saturated carbocycles. The first-order chi connectivity index (χ1) is 16.6. The molecule has 1 fully saturated rings. The van der Waals surface area contributed by atoms with Crippen LogP contribution in [-0.4, -0.2) is 29.9 Å². The number of alkyl halides is 9. The molecule has 0 saturated heterocycles. The Kier molecular flexibility index (Phi) is 9.72. The molecule has 12 heteroatoms. The van der Waals surface area contributed by atoms with Gasteiger partial charge in [0.25, 0.3) is 0 Å². The number of hydrogen-bond donors (Lipinski definition) is 0. The second-order valence-corrected chi connectivity index (χ2v) is 9.17. The van der Waals surface area contributed by atoms with E-state index in [1.165, 1.54) is 12.1 Å². The molecule has 0 radical (unpaired) electrons. The Hall–Kier alpha value is -2.01. The van der Waals surface area contributed by atoms with E-state index in [-0.39, 0.29) is 0 Å². The van der Waals surface area contributed by atoms with Crippen LogP contribution in [0, 0.1) is 17.7 Å². The molecule has 0 aromatic heterocycles. The monoisotopic (exact) mass is 538 g/mol. The summed E-state index contributed by atoms with van der Waals surface area (Å²) in [5, 5.41) is 0. The zero-order valence-electron chi connectivity index (χ0n) is 19.6. The Balaban J connectivity index is 1.95. The number of esters is 1. The van der Waals surface area contributed by atoms with Crippen LogP contribution in [0.1, 0.15) is 70.3 Å². The maximum atomic E-state index is 14.3. The summed E-state index contributed by atoms with van der Waals surface area (Å²) in [6.45, 7) is 2.08. The number of rotatable bonds is 11. The summed E-state index contributed by atoms with van der Waals surface area (Å²) in [5.41, 5.74) is 0.683. The predicted octanol–water partition coefficient (Wildman–Crippen LogP) is 8.52. The molecule has 0 atom stereocenters. The Morgan fingerprint density at radius 2 is 1.44 bits per heavy atom. The SMILES string of the molecule is CCCCCCCc1ccc(OC(=O)[C@H]2CC[C@H](C(F)(F)C(F)(F)C(F)(F)C(F)(F)F)CC2)c(F)c1. The van der Waals surface area contributed by atoms with Gasteiger partial charge in [-0.2, -0.15) is 39.5 Å². The number of carbonyl (C=O) groups is 1. The third-order valence-electron chi connectivity index (χ3n) is 6.52. The molecule has 1 aromatic rings. The van der Waals surface area contributed by atoms with Crippen molar-refractivity contribution in [2.75, 3.05) is 0 Å². The highest BCUT2D eigenvalue weighted by Crippen LogP contribution is 2.57. The van der Waals surface area contributed by atoms with Gasteiger partial charge in [0.05, 0.1) is 5.92 Å². The fraction of sp³-hybridized carbons (Fsp3) is 0.708. The van der Waals surface area contributed by atoms with E-state index in [9.17, 15) is 48.7 Å². The molecule has 0 bridgehead atoms. The van der Waals surface area contributed by atoms with Crippen molar-refractivity contribution < 1.29 is 53.4 Å². The smallest absolute Gasteiger partial charge is 0.423 e. The molecule has 1 aliphatic carbocycles. The molecule has 2 nitrogen and oxygen atoms in total. The van der Waals surface area contributed by atoms with Gasteiger partial charge in [0.15, 0.2) is 11.6 Å². The standard InChI is InChI=1S/C24H28F10O2/c1-2-3-4-5-6-7-15-8-13-19(18(25)14-15)36-20(35)16-9-11-17(12-10-16)21(26,27)22(28,29)23(30,31)24(32,33)34/h8,13-14,16-17H,2-7,9-12H2,1H3/t16-,17-. The number of benzene rings is 1. The van der Waals surface area contributed by atoms with Crippen LogP contribution in [-0.2, 0) is 11.2 Å². The summed E-state index contributed by atoms with van der Waals surface area (Å²) in [7, 11) is 0. The Morgan fingerprint density at radius 1 is 0.861 bits per heavy atom. The first-order valence-electron chi connectivity index (χ1n) is 11.8. The molecule has 206 valence electrons. The van der Waals surface area contributed by atoms with E-state index in [4.69, 9.17) is 4.74 Å². The van der Waals surface area contributed by atoms with E-state index < -0.39 is 79.0 Å². The van der Waals surface area contributed by atoms with Gasteiger partial charge in [-0.05, 0) is 56.2 Å². The normalized spacial score (nSPS) is 19.9. The van der Waals surface area contributed by atoms with Crippen molar-refractivity contribution in [3.8, 4) is 5.75 Å². The van der Waals surface area contributed by atoms with Crippen molar-refractivity contribution in [2.24, 2.45) is 11.8 Å². The van der Waals surface area contributed by atoms with Crippen LogP contribution in [0.25, 0.3) is 0 Å². The number of ether oxygens (including phenoxy) is 1. The highest BCUT2D eigenvalue weighted by atomic mass is 19.4. The van der Waals surface area contributed by atoms with Crippen LogP contribution in [0.4, 0.5) is 43.9 Å². The Bertz CT molecular complexity index is 874. The third kappa shape index (κ3) is 6.45. The van der Waals surface area contributed by atoms with Gasteiger partial charge < -0.3 is 4.74 Å². The molecule has 0 heterocycles. The van der Waals surface area contributed by atoms with Gasteiger partial charge in [-0.25, -0.2) is 4.39 Å². The number of halogens is 10. The summed E-state index contributed by atoms with van der Waals surface area (Å²) >= 11 is 0. The predicted molar refractivity (Wildman–Crippen MR) is 111 cm³/mol. The fourth-order valence-electron chi connectivity index (χ4n) is 4.24. The highest BCUT2D eigenvalue weighted by Gasteiger charge is 2.82. The molecule has 0 spiro atoms. The van der Waals surface area contributed by atoms with E-state index in [0.29, 0.717) is 12.0 Å². The number of hydrogen-bond acceptors (Lipinski definition) is 2. The largest absolute Gasteiger partial charge is 0.460 e. The summed E-state index contributed by atoms with van der Waals surface area (Å²) in [6, 6.07) is 3.99. The summed E-state index contributed by atoms with van der Waals surface area (Å²) in [4.78, 5) is 12.3. The van der Waals surface area contributed by atoms with E-state index in [1.54, 1.807) is 6.07 Å². The van der Waals surface area contributed by atoms with E-state index in [1.807, 2.05) is 0 Å². The minimum Gasteiger partial charge on any atom is -0.423 e. The zero-order valence-corrected chi connectivity index (χ0v) is 19.6. The van der Waals surface area contributed by atoms with Crippen LogP contribution in [0.15, 0.2) is 18.2 Å². The quantitative estimate of drug-likeness (QED) is 0.122. The van der Waals surface area contributed by atoms with Crippen molar-refractivity contribution in [3.05, 3.63) is 29.6 Å². The highest BCUT2D eigenvalue weighted by molar-refractivity contribution is 5.75. The van der Waals surface area contributed by atoms with Crippen molar-refractivity contribution in [2.45, 2.75) is 95.1 Å². The van der Waals surface area contributed by atoms with Crippen LogP contribution >= 0.6 is 0 Å². The van der Waals surface area contributed by atoms with Gasteiger partial charge in [0, 0.05) is 5.92 Å². The second kappa shape index (κ2) is 11.6. The average Bonchev–Trinajstić information content (AvgIpc) is 2.79. The third-order valence-corrected chi connectivity index (χ3v) is 6.52. The molecular weight excluding hydrogens is 510 g/mol. The number of aryl methyl sites for hydroxylation is 1. The first kappa shape index (κ1) is 30.2. The second-order valence-electron chi connectivity index (χ2n) is 9.17. The Labute approximate surface area is 202 Å². The number of carbonyl (C=O) groups excluding carboxylic acids is 1. The maximum absolute atomic E-state index is 14.3. The number of unbranched alkanes of at least 4 members (excludes halogenated alkanes) is 4. The zero-order chi connectivity index (χ0) is 27.4. The Morgan fingerprint density at radius 3 is 1.97 bits per heavy atom. The van der Waals surface area contributed by atoms with Crippen molar-refractivity contribution in [3.63, 3.8) is 0 Å². The summed E-state index contributed by atoms with van der Waals surface area (Å²) in [5.74, 6) is -25.2. The van der Waals surface area contributed by atoms with Crippen LogP contribution in [0.5, 0.6) is 5.75 Å². The van der Waals surface area contributed by atoms with Gasteiger partial charge >= 0.3 is 29.9 Å². The van der Waals surface area contributed by atoms with Gasteiger partial charge in [0.2, 0.25) is 0 Å². The van der Waals surface area contributed by atoms with Crippen molar-refractivity contribution >= 4 is 5.97 Å². The lowest BCUT2D eigenvalue weighted by Crippen LogP contribution is -2.63. The molecule has 0 N–H and O–H groups in total. The van der Waals surface area contributed by atoms with Gasteiger partial charge in [-0.15, -0.1) is 0 Å². The molecule has 1 aliphatic rings. The van der Waals surface area contributed by atoms with Gasteiger partial charge in [-0.1, -0.05) is 38.7 Å². The lowest BCUT2D eigenvalue weighted by atomic mass is 9.76. The average molecular weight is 538 g/mol. The van der Waals surface area contributed by atoms with Crippen molar-refractivity contribution in [1.29, 1.82) is 0 Å². The fourth-order valence-corrected chi connectivity index (χ4v) is 4.24. The van der Waals surface area contributed by atoms with Gasteiger partial charge in [0.1, 0.15) is 0 Å². The molecule has 36 heavy (non-hydrogen) atoms. The van der Waals surface area contributed by atoms with E-state index in [0.717, 1.165) is 32.1 Å². The summed E-state index contributed by atoms with van der Waals surface area (Å²) < 4.78 is 138. The maximum Gasteiger partial charge on any atom is 0.460 e. The minimum absolute atomic E-state index is 0.418. The lowest BCUT2D eigenvalue weighted by molar-refractivity contribution is -0.404. The van der Waals surface area contributed by atoms with Crippen molar-refractivity contribution in [1.82, 2.24) is 0 Å². The topological polar surface area (TPSA) is 26.3 Å². The molecule has 0 amide bonds. The minimum atomic E-state index is -6.95. The van der Waals surface area contributed by atoms with Crippen LogP contribution in [0.2, 0.25) is 0 Å². The van der Waals surface area contributed by atoms with Crippen LogP contribution in [0.3, 0.4) is 0 Å². The first-order valence-corrected chi connectivity index (χ1v) is 11.8. The summed E-state index contributed by atoms with van der Waals surface area (Å²) in [6.07, 6.45) is -4.08. The molecule has 0 unspecified atom stereocenters. The molecule has 1 aromatic carbocycles. The van der Waals surface area contributed by atoms with E-state index >= 15 is 0 Å². The van der Waals surface area contributed by atoms with E-state index in [2.05, 4.69) is 6.92 Å². The molecule has 2 rings (SSSR count). The lowest BCUT2D eigenvalue weighted by Gasteiger charge is -2.39. The molecular formula is C24H28F10O2. The molecule has 0 aliphatic heterocycles. The van der Waals surface area contributed by atoms with Crippen LogP contribution < -0.4 is 4.74 Å². The van der Waals surface area contributed by atoms with Gasteiger partial charge in [-0.3, -0.25) is 4.79 Å².